The van der Waals surface area contributed by atoms with E-state index >= 15 is 0 Å². The van der Waals surface area contributed by atoms with Crippen LogP contribution in [0.25, 0.3) is 0 Å². The van der Waals surface area contributed by atoms with Gasteiger partial charge in [-0.15, -0.1) is 0 Å². The van der Waals surface area contributed by atoms with E-state index in [0.717, 1.165) is 51.4 Å². The third-order valence-electron chi connectivity index (χ3n) is 5.43. The van der Waals surface area contributed by atoms with E-state index in [0.29, 0.717) is 17.4 Å². The molecule has 0 saturated carbocycles. The van der Waals surface area contributed by atoms with Crippen molar-refractivity contribution in [3.8, 4) is 5.75 Å². The lowest BCUT2D eigenvalue weighted by Crippen LogP contribution is -2.50. The molecule has 0 bridgehead atoms. The molecule has 6 nitrogen and oxygen atoms in total. The smallest absolute Gasteiger partial charge is 0.250 e. The highest BCUT2D eigenvalue weighted by atomic mass is 16.3. The molecular formula is C22H30N4O2. The van der Waals surface area contributed by atoms with E-state index in [1.807, 2.05) is 30.3 Å². The molecule has 2 aromatic rings. The SMILES string of the molecule is CC(Cc1ccc(O)cc1)N1CCN(CCNc2ccccc2C(N)=O)CC1. The van der Waals surface area contributed by atoms with Gasteiger partial charge < -0.3 is 16.2 Å². The Morgan fingerprint density at radius 3 is 2.46 bits per heavy atom. The van der Waals surface area contributed by atoms with Crippen molar-refractivity contribution < 1.29 is 9.90 Å². The monoisotopic (exact) mass is 382 g/mol. The lowest BCUT2D eigenvalue weighted by atomic mass is 10.1. The minimum Gasteiger partial charge on any atom is -0.508 e. The number of nitrogens with two attached hydrogens (primary N) is 1. The van der Waals surface area contributed by atoms with Gasteiger partial charge in [0.1, 0.15) is 5.75 Å². The molecule has 1 unspecified atom stereocenters. The number of nitrogens with zero attached hydrogens (tertiary/aromatic N) is 2. The fourth-order valence-electron chi connectivity index (χ4n) is 3.73. The van der Waals surface area contributed by atoms with Crippen molar-refractivity contribution in [3.63, 3.8) is 0 Å². The van der Waals surface area contributed by atoms with Crippen LogP contribution in [0.5, 0.6) is 5.75 Å². The highest BCUT2D eigenvalue weighted by Gasteiger charge is 2.21. The zero-order valence-electron chi connectivity index (χ0n) is 16.5. The molecule has 4 N–H and O–H groups in total. The third-order valence-corrected chi connectivity index (χ3v) is 5.43. The molecule has 1 atom stereocenters. The van der Waals surface area contributed by atoms with E-state index in [4.69, 9.17) is 5.73 Å². The van der Waals surface area contributed by atoms with Crippen molar-refractivity contribution in [1.82, 2.24) is 9.80 Å². The summed E-state index contributed by atoms with van der Waals surface area (Å²) in [6, 6.07) is 15.4. The van der Waals surface area contributed by atoms with Gasteiger partial charge >= 0.3 is 0 Å². The fraction of sp³-hybridized carbons (Fsp3) is 0.409. The number of aromatic hydroxyl groups is 1. The quantitative estimate of drug-likeness (QED) is 0.652. The number of carbonyl (C=O) groups excluding carboxylic acids is 1. The minimum atomic E-state index is -0.403. The second kappa shape index (κ2) is 9.57. The topological polar surface area (TPSA) is 81.8 Å². The van der Waals surface area contributed by atoms with E-state index in [1.54, 1.807) is 18.2 Å². The van der Waals surface area contributed by atoms with Crippen molar-refractivity contribution in [3.05, 3.63) is 59.7 Å². The number of rotatable bonds is 8. The molecule has 1 aliphatic rings. The molecule has 0 spiro atoms. The van der Waals surface area contributed by atoms with E-state index in [2.05, 4.69) is 22.0 Å². The first kappa shape index (κ1) is 20.2. The van der Waals surface area contributed by atoms with Gasteiger partial charge in [0.15, 0.2) is 0 Å². The molecule has 1 saturated heterocycles. The Hall–Kier alpha value is -2.57. The number of para-hydroxylation sites is 1. The number of primary amides is 1. The molecule has 1 aliphatic heterocycles. The molecule has 28 heavy (non-hydrogen) atoms. The van der Waals surface area contributed by atoms with Gasteiger partial charge in [0.05, 0.1) is 5.56 Å². The first-order valence-corrected chi connectivity index (χ1v) is 9.90. The van der Waals surface area contributed by atoms with Gasteiger partial charge in [-0.2, -0.15) is 0 Å². The number of phenolic OH excluding ortho intramolecular Hbond substituents is 1. The maximum absolute atomic E-state index is 11.5. The number of anilines is 1. The summed E-state index contributed by atoms with van der Waals surface area (Å²) in [5.74, 6) is -0.0867. The highest BCUT2D eigenvalue weighted by molar-refractivity contribution is 5.98. The summed E-state index contributed by atoms with van der Waals surface area (Å²) in [6.07, 6.45) is 0.992. The summed E-state index contributed by atoms with van der Waals surface area (Å²) in [6.45, 7) is 8.18. The van der Waals surface area contributed by atoms with Gasteiger partial charge in [0.25, 0.3) is 5.91 Å². The number of hydrogen-bond acceptors (Lipinski definition) is 5. The van der Waals surface area contributed by atoms with E-state index in [1.165, 1.54) is 5.56 Å². The molecule has 0 radical (unpaired) electrons. The first-order chi connectivity index (χ1) is 13.5. The van der Waals surface area contributed by atoms with E-state index in [9.17, 15) is 9.90 Å². The highest BCUT2D eigenvalue weighted by Crippen LogP contribution is 2.16. The number of hydrogen-bond donors (Lipinski definition) is 3. The number of carbonyl (C=O) groups is 1. The van der Waals surface area contributed by atoms with Crippen LogP contribution in [0.15, 0.2) is 48.5 Å². The molecule has 1 amide bonds. The average molecular weight is 383 g/mol. The van der Waals surface area contributed by atoms with Gasteiger partial charge in [-0.3, -0.25) is 14.6 Å². The van der Waals surface area contributed by atoms with Crippen molar-refractivity contribution in [2.75, 3.05) is 44.6 Å². The zero-order chi connectivity index (χ0) is 19.9. The Morgan fingerprint density at radius 1 is 1.11 bits per heavy atom. The van der Waals surface area contributed by atoms with Gasteiger partial charge in [-0.25, -0.2) is 0 Å². The van der Waals surface area contributed by atoms with Crippen LogP contribution in [0.1, 0.15) is 22.8 Å². The van der Waals surface area contributed by atoms with Crippen LogP contribution < -0.4 is 11.1 Å². The number of nitrogens with one attached hydrogen (secondary N) is 1. The summed E-state index contributed by atoms with van der Waals surface area (Å²) >= 11 is 0. The van der Waals surface area contributed by atoms with Gasteiger partial charge in [0, 0.05) is 51.0 Å². The summed E-state index contributed by atoms with van der Waals surface area (Å²) in [4.78, 5) is 16.5. The average Bonchev–Trinajstić information content (AvgIpc) is 2.70. The molecule has 150 valence electrons. The van der Waals surface area contributed by atoms with Crippen molar-refractivity contribution >= 4 is 11.6 Å². The minimum absolute atomic E-state index is 0.317. The molecule has 1 fully saturated rings. The molecule has 0 aliphatic carbocycles. The zero-order valence-corrected chi connectivity index (χ0v) is 16.5. The molecule has 1 heterocycles. The summed E-state index contributed by atoms with van der Waals surface area (Å²) in [5.41, 5.74) is 8.02. The number of piperazine rings is 1. The predicted molar refractivity (Wildman–Crippen MR) is 113 cm³/mol. The van der Waals surface area contributed by atoms with E-state index < -0.39 is 5.91 Å². The third kappa shape index (κ3) is 5.47. The predicted octanol–water partition coefficient (Wildman–Crippen LogP) is 2.15. The first-order valence-electron chi connectivity index (χ1n) is 9.90. The van der Waals surface area contributed by atoms with E-state index in [-0.39, 0.29) is 0 Å². The van der Waals surface area contributed by atoms with Gasteiger partial charge in [-0.1, -0.05) is 24.3 Å². The van der Waals surface area contributed by atoms with Crippen molar-refractivity contribution in [2.24, 2.45) is 5.73 Å². The largest absolute Gasteiger partial charge is 0.508 e. The van der Waals surface area contributed by atoms with Crippen molar-refractivity contribution in [2.45, 2.75) is 19.4 Å². The molecule has 3 rings (SSSR count). The molecule has 6 heteroatoms. The van der Waals surface area contributed by atoms with Crippen molar-refractivity contribution in [1.29, 1.82) is 0 Å². The van der Waals surface area contributed by atoms with Crippen LogP contribution in [0, 0.1) is 0 Å². The summed E-state index contributed by atoms with van der Waals surface area (Å²) in [7, 11) is 0. The molecule has 2 aromatic carbocycles. The Labute approximate surface area is 166 Å². The lowest BCUT2D eigenvalue weighted by Gasteiger charge is -2.38. The Morgan fingerprint density at radius 2 is 1.79 bits per heavy atom. The van der Waals surface area contributed by atoms with Gasteiger partial charge in [0.2, 0.25) is 0 Å². The number of phenols is 1. The second-order valence-corrected chi connectivity index (χ2v) is 7.43. The normalized spacial score (nSPS) is 16.6. The maximum atomic E-state index is 11.5. The van der Waals surface area contributed by atoms with Crippen LogP contribution in [-0.2, 0) is 6.42 Å². The van der Waals surface area contributed by atoms with Crippen LogP contribution in [0.3, 0.4) is 0 Å². The van der Waals surface area contributed by atoms with Crippen LogP contribution >= 0.6 is 0 Å². The Bertz CT molecular complexity index is 770. The van der Waals surface area contributed by atoms with Crippen LogP contribution in [0.2, 0.25) is 0 Å². The maximum Gasteiger partial charge on any atom is 0.250 e. The second-order valence-electron chi connectivity index (χ2n) is 7.43. The summed E-state index contributed by atoms with van der Waals surface area (Å²) in [5, 5.41) is 12.7. The Balaban J connectivity index is 1.40. The van der Waals surface area contributed by atoms with Gasteiger partial charge in [-0.05, 0) is 43.2 Å². The summed E-state index contributed by atoms with van der Waals surface area (Å²) < 4.78 is 0. The van der Waals surface area contributed by atoms with Crippen LogP contribution in [0.4, 0.5) is 5.69 Å². The standard InChI is InChI=1S/C22H30N4O2/c1-17(16-18-6-8-19(27)9-7-18)26-14-12-25(13-15-26)11-10-24-21-5-3-2-4-20(21)22(23)28/h2-9,17,24,27H,10-16H2,1H3,(H2,23,28). The lowest BCUT2D eigenvalue weighted by molar-refractivity contribution is 0.100. The fourth-order valence-corrected chi connectivity index (χ4v) is 3.73. The number of amides is 1. The number of benzene rings is 2. The molecule has 0 aromatic heterocycles. The molecular weight excluding hydrogens is 352 g/mol. The van der Waals surface area contributed by atoms with Crippen LogP contribution in [-0.4, -0.2) is 66.1 Å². The Kier molecular flexibility index (Phi) is 6.90.